The van der Waals surface area contributed by atoms with Gasteiger partial charge in [0.05, 0.1) is 10.6 Å². The number of rotatable bonds is 1. The zero-order chi connectivity index (χ0) is 9.64. The quantitative estimate of drug-likeness (QED) is 0.739. The molecule has 3 heteroatoms. The third-order valence-corrected chi connectivity index (χ3v) is 2.86. The first kappa shape index (κ1) is 8.97. The number of halogens is 2. The standard InChI is InChI=1S/C10H10ClFO/c1-6-7(10(13)4-5-10)2-3-8(11)9(6)12/h2-3,13H,4-5H2,1H3. The summed E-state index contributed by atoms with van der Waals surface area (Å²) in [5.74, 6) is -0.417. The van der Waals surface area contributed by atoms with Crippen LogP contribution in [0.1, 0.15) is 24.0 Å². The van der Waals surface area contributed by atoms with Gasteiger partial charge in [-0.2, -0.15) is 0 Å². The zero-order valence-electron chi connectivity index (χ0n) is 7.27. The Labute approximate surface area is 81.1 Å². The normalized spacial score (nSPS) is 18.8. The van der Waals surface area contributed by atoms with E-state index in [2.05, 4.69) is 0 Å². The van der Waals surface area contributed by atoms with Gasteiger partial charge in [-0.1, -0.05) is 17.7 Å². The van der Waals surface area contributed by atoms with E-state index in [1.165, 1.54) is 6.07 Å². The van der Waals surface area contributed by atoms with Gasteiger partial charge in [0.1, 0.15) is 5.82 Å². The van der Waals surface area contributed by atoms with Gasteiger partial charge < -0.3 is 5.11 Å². The Balaban J connectivity index is 2.54. The molecule has 0 radical (unpaired) electrons. The smallest absolute Gasteiger partial charge is 0.145 e. The summed E-state index contributed by atoms with van der Waals surface area (Å²) in [7, 11) is 0. The fourth-order valence-corrected chi connectivity index (χ4v) is 1.75. The largest absolute Gasteiger partial charge is 0.385 e. The van der Waals surface area contributed by atoms with Crippen LogP contribution >= 0.6 is 11.6 Å². The first-order valence-corrected chi connectivity index (χ1v) is 4.60. The van der Waals surface area contributed by atoms with E-state index in [1.54, 1.807) is 13.0 Å². The Kier molecular flexibility index (Phi) is 1.86. The number of hydrogen-bond donors (Lipinski definition) is 1. The molecule has 13 heavy (non-hydrogen) atoms. The van der Waals surface area contributed by atoms with E-state index in [-0.39, 0.29) is 5.02 Å². The van der Waals surface area contributed by atoms with Crippen LogP contribution in [0.4, 0.5) is 4.39 Å². The van der Waals surface area contributed by atoms with E-state index >= 15 is 0 Å². The van der Waals surface area contributed by atoms with E-state index in [1.807, 2.05) is 0 Å². The predicted molar refractivity (Wildman–Crippen MR) is 49.3 cm³/mol. The van der Waals surface area contributed by atoms with Crippen LogP contribution in [0.3, 0.4) is 0 Å². The van der Waals surface area contributed by atoms with Crippen LogP contribution in [0.15, 0.2) is 12.1 Å². The second-order valence-electron chi connectivity index (χ2n) is 3.57. The van der Waals surface area contributed by atoms with Crippen molar-refractivity contribution in [3.63, 3.8) is 0 Å². The molecule has 0 bridgehead atoms. The monoisotopic (exact) mass is 200 g/mol. The molecule has 1 nitrogen and oxygen atoms in total. The van der Waals surface area contributed by atoms with Crippen LogP contribution in [-0.4, -0.2) is 5.11 Å². The third-order valence-electron chi connectivity index (χ3n) is 2.56. The lowest BCUT2D eigenvalue weighted by molar-refractivity contribution is 0.150. The van der Waals surface area contributed by atoms with Gasteiger partial charge >= 0.3 is 0 Å². The van der Waals surface area contributed by atoms with Crippen LogP contribution in [0, 0.1) is 12.7 Å². The molecule has 0 aromatic heterocycles. The number of aliphatic hydroxyl groups is 1. The topological polar surface area (TPSA) is 20.2 Å². The zero-order valence-corrected chi connectivity index (χ0v) is 8.03. The summed E-state index contributed by atoms with van der Waals surface area (Å²) in [5.41, 5.74) is 0.358. The molecule has 0 aliphatic heterocycles. The highest BCUT2D eigenvalue weighted by Crippen LogP contribution is 2.47. The molecule has 2 rings (SSSR count). The second-order valence-corrected chi connectivity index (χ2v) is 3.97. The van der Waals surface area contributed by atoms with Gasteiger partial charge in [0.15, 0.2) is 0 Å². The average molecular weight is 201 g/mol. The first-order chi connectivity index (χ1) is 6.04. The molecule has 0 heterocycles. The molecule has 1 aliphatic rings. The van der Waals surface area contributed by atoms with Crippen molar-refractivity contribution in [1.82, 2.24) is 0 Å². The van der Waals surface area contributed by atoms with E-state index < -0.39 is 11.4 Å². The van der Waals surface area contributed by atoms with Crippen molar-refractivity contribution in [3.8, 4) is 0 Å². The highest BCUT2D eigenvalue weighted by molar-refractivity contribution is 6.30. The SMILES string of the molecule is Cc1c(C2(O)CC2)ccc(Cl)c1F. The maximum absolute atomic E-state index is 13.3. The molecule has 0 amide bonds. The Bertz CT molecular complexity index is 358. The fourth-order valence-electron chi connectivity index (χ4n) is 1.54. The molecule has 1 fully saturated rings. The first-order valence-electron chi connectivity index (χ1n) is 4.22. The van der Waals surface area contributed by atoms with Gasteiger partial charge in [-0.05, 0) is 37.0 Å². The van der Waals surface area contributed by atoms with Crippen molar-refractivity contribution in [2.24, 2.45) is 0 Å². The maximum Gasteiger partial charge on any atom is 0.145 e. The second kappa shape index (κ2) is 2.69. The van der Waals surface area contributed by atoms with Crippen LogP contribution in [-0.2, 0) is 5.60 Å². The molecule has 70 valence electrons. The van der Waals surface area contributed by atoms with E-state index in [9.17, 15) is 9.50 Å². The van der Waals surface area contributed by atoms with Crippen molar-refractivity contribution in [2.45, 2.75) is 25.4 Å². The van der Waals surface area contributed by atoms with Crippen molar-refractivity contribution >= 4 is 11.6 Å². The molecule has 1 N–H and O–H groups in total. The van der Waals surface area contributed by atoms with Crippen LogP contribution in [0.5, 0.6) is 0 Å². The van der Waals surface area contributed by atoms with Crippen molar-refractivity contribution in [3.05, 3.63) is 34.1 Å². The highest BCUT2D eigenvalue weighted by atomic mass is 35.5. The maximum atomic E-state index is 13.3. The van der Waals surface area contributed by atoms with Gasteiger partial charge in [0.2, 0.25) is 0 Å². The van der Waals surface area contributed by atoms with Gasteiger partial charge in [0.25, 0.3) is 0 Å². The van der Waals surface area contributed by atoms with Crippen LogP contribution in [0.25, 0.3) is 0 Å². The Morgan fingerprint density at radius 2 is 2.08 bits per heavy atom. The summed E-state index contributed by atoms with van der Waals surface area (Å²) >= 11 is 5.60. The molecule has 1 aromatic carbocycles. The lowest BCUT2D eigenvalue weighted by atomic mass is 10.0. The summed E-state index contributed by atoms with van der Waals surface area (Å²) in [6, 6.07) is 3.20. The molecule has 0 saturated heterocycles. The lowest BCUT2D eigenvalue weighted by Gasteiger charge is -2.12. The minimum Gasteiger partial charge on any atom is -0.385 e. The summed E-state index contributed by atoms with van der Waals surface area (Å²) in [4.78, 5) is 0. The summed E-state index contributed by atoms with van der Waals surface area (Å²) in [5, 5.41) is 9.90. The molecule has 1 aromatic rings. The molecular formula is C10H10ClFO. The predicted octanol–water partition coefficient (Wildman–Crippen LogP) is 2.77. The van der Waals surface area contributed by atoms with Crippen molar-refractivity contribution in [1.29, 1.82) is 0 Å². The molecule has 0 spiro atoms. The average Bonchev–Trinajstić information content (AvgIpc) is 2.80. The number of hydrogen-bond acceptors (Lipinski definition) is 1. The number of benzene rings is 1. The summed E-state index contributed by atoms with van der Waals surface area (Å²) < 4.78 is 13.3. The van der Waals surface area contributed by atoms with Gasteiger partial charge in [-0.25, -0.2) is 4.39 Å². The van der Waals surface area contributed by atoms with Gasteiger partial charge in [-0.3, -0.25) is 0 Å². The Morgan fingerprint density at radius 3 is 2.62 bits per heavy atom. The van der Waals surface area contributed by atoms with Crippen molar-refractivity contribution in [2.75, 3.05) is 0 Å². The minimum atomic E-state index is -0.782. The third kappa shape index (κ3) is 1.34. The van der Waals surface area contributed by atoms with Crippen LogP contribution in [0.2, 0.25) is 5.02 Å². The fraction of sp³-hybridized carbons (Fsp3) is 0.400. The summed E-state index contributed by atoms with van der Waals surface area (Å²) in [6.07, 6.45) is 1.43. The Hall–Kier alpha value is -0.600. The molecule has 0 atom stereocenters. The highest BCUT2D eigenvalue weighted by Gasteiger charge is 2.43. The van der Waals surface area contributed by atoms with E-state index in [0.29, 0.717) is 11.1 Å². The Morgan fingerprint density at radius 1 is 1.46 bits per heavy atom. The molecule has 1 aliphatic carbocycles. The molecule has 1 saturated carbocycles. The van der Waals surface area contributed by atoms with Gasteiger partial charge in [-0.15, -0.1) is 0 Å². The lowest BCUT2D eigenvalue weighted by Crippen LogP contribution is -2.07. The molecular weight excluding hydrogens is 191 g/mol. The van der Waals surface area contributed by atoms with Crippen molar-refractivity contribution < 1.29 is 9.50 Å². The van der Waals surface area contributed by atoms with E-state index in [4.69, 9.17) is 11.6 Å². The summed E-state index contributed by atoms with van der Waals surface area (Å²) in [6.45, 7) is 1.65. The van der Waals surface area contributed by atoms with E-state index in [0.717, 1.165) is 12.8 Å². The van der Waals surface area contributed by atoms with Gasteiger partial charge in [0, 0.05) is 0 Å². The minimum absolute atomic E-state index is 0.116. The van der Waals surface area contributed by atoms with Crippen LogP contribution < -0.4 is 0 Å². The molecule has 0 unspecified atom stereocenters.